The third kappa shape index (κ3) is 7.24. The largest absolute Gasteiger partial charge is 0.334 e. The van der Waals surface area contributed by atoms with Crippen LogP contribution in [0.25, 0.3) is 0 Å². The van der Waals surface area contributed by atoms with Gasteiger partial charge in [-0.2, -0.15) is 0 Å². The first kappa shape index (κ1) is 21.9. The number of nitrogens with one attached hydrogen (secondary N) is 2. The summed E-state index contributed by atoms with van der Waals surface area (Å²) in [6.45, 7) is 5.49. The number of amides is 1. The Kier molecular flexibility index (Phi) is 8.26. The molecule has 4 N–H and O–H groups in total. The quantitative estimate of drug-likeness (QED) is 0.661. The molecule has 0 bridgehead atoms. The van der Waals surface area contributed by atoms with E-state index in [1.165, 1.54) is 57.1 Å². The van der Waals surface area contributed by atoms with Crippen molar-refractivity contribution in [1.29, 1.82) is 0 Å². The number of carbonyl (C=O) groups is 1. The zero-order valence-electron chi connectivity index (χ0n) is 16.7. The first-order valence-corrected chi connectivity index (χ1v) is 11.5. The summed E-state index contributed by atoms with van der Waals surface area (Å²) in [5.41, 5.74) is 0.612. The molecule has 6 nitrogen and oxygen atoms in total. The average molecular weight is 397 g/mol. The fourth-order valence-corrected chi connectivity index (χ4v) is 4.78. The van der Waals surface area contributed by atoms with Crippen molar-refractivity contribution < 1.29 is 18.5 Å². The van der Waals surface area contributed by atoms with Crippen molar-refractivity contribution in [2.24, 2.45) is 0 Å². The van der Waals surface area contributed by atoms with Gasteiger partial charge in [0.2, 0.25) is 10.0 Å². The van der Waals surface area contributed by atoms with Crippen LogP contribution in [0.1, 0.15) is 65.7 Å². The van der Waals surface area contributed by atoms with E-state index in [0.717, 1.165) is 0 Å². The Hall–Kier alpha value is -1.44. The van der Waals surface area contributed by atoms with E-state index >= 15 is 0 Å². The summed E-state index contributed by atoms with van der Waals surface area (Å²) in [6.07, 6.45) is 8.77. The van der Waals surface area contributed by atoms with E-state index in [1.807, 2.05) is 6.92 Å². The van der Waals surface area contributed by atoms with E-state index < -0.39 is 10.0 Å². The molecule has 1 aliphatic carbocycles. The molecule has 1 fully saturated rings. The van der Waals surface area contributed by atoms with Crippen molar-refractivity contribution >= 4 is 21.6 Å². The number of benzene rings is 1. The molecule has 1 aliphatic rings. The molecule has 0 unspecified atom stereocenters. The van der Waals surface area contributed by atoms with Crippen LogP contribution in [-0.4, -0.2) is 32.5 Å². The number of nitrogens with two attached hydrogens (primary N) is 1. The molecule has 1 aromatic carbocycles. The minimum absolute atomic E-state index is 0.0482. The van der Waals surface area contributed by atoms with Crippen LogP contribution in [-0.2, 0) is 14.8 Å². The van der Waals surface area contributed by atoms with E-state index in [4.69, 9.17) is 0 Å². The third-order valence-electron chi connectivity index (χ3n) is 4.95. The highest BCUT2D eigenvalue weighted by atomic mass is 32.2. The van der Waals surface area contributed by atoms with Crippen LogP contribution in [0, 0.1) is 0 Å². The standard InChI is InChI=1S/C20H33N3O3S/c1-15(2)23-27(25,26)19-13-11-18(12-14-19)22-20(24)16(3)21-17-9-7-5-4-6-8-10-17/h11-17,21,23H,4-10H2,1-3H3,(H,22,24)/p+1/t16-/m0/s1. The second-order valence-electron chi connectivity index (χ2n) is 7.88. The molecule has 2 rings (SSSR count). The molecule has 0 aromatic heterocycles. The maximum Gasteiger partial charge on any atom is 0.282 e. The second-order valence-corrected chi connectivity index (χ2v) is 9.59. The molecule has 1 aromatic rings. The lowest BCUT2D eigenvalue weighted by molar-refractivity contribution is -0.707. The molecule has 0 aliphatic heterocycles. The van der Waals surface area contributed by atoms with Crippen molar-refractivity contribution in [3.8, 4) is 0 Å². The predicted octanol–water partition coefficient (Wildman–Crippen LogP) is 2.38. The molecule has 0 radical (unpaired) electrons. The molecule has 27 heavy (non-hydrogen) atoms. The summed E-state index contributed by atoms with van der Waals surface area (Å²) in [7, 11) is -3.52. The summed E-state index contributed by atoms with van der Waals surface area (Å²) in [5, 5.41) is 5.08. The maximum absolute atomic E-state index is 12.5. The summed E-state index contributed by atoms with van der Waals surface area (Å²) in [5.74, 6) is -0.0482. The average Bonchev–Trinajstić information content (AvgIpc) is 2.56. The first-order valence-electron chi connectivity index (χ1n) is 10.1. The molecular formula is C20H34N3O3S+. The van der Waals surface area contributed by atoms with Gasteiger partial charge >= 0.3 is 0 Å². The van der Waals surface area contributed by atoms with Crippen LogP contribution >= 0.6 is 0 Å². The normalized spacial score (nSPS) is 17.9. The van der Waals surface area contributed by atoms with Gasteiger partial charge in [0.1, 0.15) is 0 Å². The van der Waals surface area contributed by atoms with Gasteiger partial charge in [0.25, 0.3) is 5.91 Å². The Morgan fingerprint density at radius 2 is 1.56 bits per heavy atom. The minimum atomic E-state index is -3.52. The lowest BCUT2D eigenvalue weighted by atomic mass is 9.96. The molecule has 0 saturated heterocycles. The van der Waals surface area contributed by atoms with Crippen molar-refractivity contribution in [3.63, 3.8) is 0 Å². The van der Waals surface area contributed by atoms with Gasteiger partial charge in [0.15, 0.2) is 6.04 Å². The van der Waals surface area contributed by atoms with Crippen LogP contribution in [0.5, 0.6) is 0 Å². The van der Waals surface area contributed by atoms with Crippen LogP contribution in [0.15, 0.2) is 29.2 Å². The SMILES string of the molecule is CC(C)NS(=O)(=O)c1ccc(NC(=O)[C@H](C)[NH2+]C2CCCCCCC2)cc1. The van der Waals surface area contributed by atoms with Gasteiger partial charge in [-0.3, -0.25) is 4.79 Å². The topological polar surface area (TPSA) is 91.9 Å². The predicted molar refractivity (Wildman–Crippen MR) is 108 cm³/mol. The number of hydrogen-bond donors (Lipinski definition) is 3. The number of rotatable bonds is 7. The van der Waals surface area contributed by atoms with Crippen molar-refractivity contribution in [3.05, 3.63) is 24.3 Å². The van der Waals surface area contributed by atoms with E-state index in [0.29, 0.717) is 11.7 Å². The zero-order chi connectivity index (χ0) is 19.9. The Labute approximate surface area is 163 Å². The third-order valence-corrected chi connectivity index (χ3v) is 6.62. The Balaban J connectivity index is 1.90. The molecular weight excluding hydrogens is 362 g/mol. The number of anilines is 1. The Bertz CT molecular complexity index is 694. The van der Waals surface area contributed by atoms with Gasteiger partial charge in [0.05, 0.1) is 10.9 Å². The maximum atomic E-state index is 12.5. The van der Waals surface area contributed by atoms with Crippen LogP contribution < -0.4 is 15.4 Å². The highest BCUT2D eigenvalue weighted by molar-refractivity contribution is 7.89. The van der Waals surface area contributed by atoms with Crippen LogP contribution in [0.4, 0.5) is 5.69 Å². The van der Waals surface area contributed by atoms with E-state index in [9.17, 15) is 13.2 Å². The highest BCUT2D eigenvalue weighted by Gasteiger charge is 2.23. The lowest BCUT2D eigenvalue weighted by Gasteiger charge is -2.21. The van der Waals surface area contributed by atoms with Crippen LogP contribution in [0.3, 0.4) is 0 Å². The monoisotopic (exact) mass is 396 g/mol. The van der Waals surface area contributed by atoms with Gasteiger partial charge in [-0.15, -0.1) is 0 Å². The van der Waals surface area contributed by atoms with Crippen LogP contribution in [0.2, 0.25) is 0 Å². The van der Waals surface area contributed by atoms with Crippen molar-refractivity contribution in [2.45, 2.75) is 88.7 Å². The number of carbonyl (C=O) groups excluding carboxylic acids is 1. The number of quaternary nitrogens is 1. The molecule has 7 heteroatoms. The lowest BCUT2D eigenvalue weighted by Crippen LogP contribution is -2.96. The summed E-state index contributed by atoms with van der Waals surface area (Å²) in [4.78, 5) is 12.7. The summed E-state index contributed by atoms with van der Waals surface area (Å²) in [6, 6.07) is 6.48. The van der Waals surface area contributed by atoms with Gasteiger partial charge in [-0.05, 0) is 70.7 Å². The summed E-state index contributed by atoms with van der Waals surface area (Å²) < 4.78 is 26.9. The summed E-state index contributed by atoms with van der Waals surface area (Å²) >= 11 is 0. The van der Waals surface area contributed by atoms with Gasteiger partial charge in [-0.1, -0.05) is 19.3 Å². The molecule has 152 valence electrons. The van der Waals surface area contributed by atoms with Gasteiger partial charge in [-0.25, -0.2) is 13.1 Å². The van der Waals surface area contributed by atoms with Crippen molar-refractivity contribution in [2.75, 3.05) is 5.32 Å². The van der Waals surface area contributed by atoms with Gasteiger partial charge < -0.3 is 10.6 Å². The smallest absolute Gasteiger partial charge is 0.282 e. The molecule has 1 amide bonds. The molecule has 0 spiro atoms. The molecule has 1 saturated carbocycles. The Morgan fingerprint density at radius 1 is 1.00 bits per heavy atom. The second kappa shape index (κ2) is 10.2. The number of hydrogen-bond acceptors (Lipinski definition) is 3. The molecule has 0 heterocycles. The fourth-order valence-electron chi connectivity index (χ4n) is 3.53. The van der Waals surface area contributed by atoms with Crippen molar-refractivity contribution in [1.82, 2.24) is 4.72 Å². The molecule has 1 atom stereocenters. The van der Waals surface area contributed by atoms with E-state index in [-0.39, 0.29) is 22.9 Å². The van der Waals surface area contributed by atoms with E-state index in [1.54, 1.807) is 26.0 Å². The zero-order valence-corrected chi connectivity index (χ0v) is 17.5. The van der Waals surface area contributed by atoms with E-state index in [2.05, 4.69) is 15.4 Å². The minimum Gasteiger partial charge on any atom is -0.334 e. The van der Waals surface area contributed by atoms with Gasteiger partial charge in [0, 0.05) is 11.7 Å². The first-order chi connectivity index (χ1) is 12.8. The highest BCUT2D eigenvalue weighted by Crippen LogP contribution is 2.16. The Morgan fingerprint density at radius 3 is 2.11 bits per heavy atom. The number of sulfonamides is 1. The fraction of sp³-hybridized carbons (Fsp3) is 0.650.